The summed E-state index contributed by atoms with van der Waals surface area (Å²) in [5.41, 5.74) is 12.3. The maximum Gasteiger partial charge on any atom is 0.134 e. The SMILES string of the molecule is Cc1cccc(C)c1-c1cccc(-c2c(C)cccc2C)c1P1C(C2CCCC2)CC(=O)CC1C1CCCC1. The molecule has 1 heterocycles. The molecule has 3 aromatic rings. The molecule has 204 valence electrons. The first-order valence-electron chi connectivity index (χ1n) is 15.5. The van der Waals surface area contributed by atoms with Gasteiger partial charge in [0, 0.05) is 12.8 Å². The van der Waals surface area contributed by atoms with E-state index < -0.39 is 7.92 Å². The summed E-state index contributed by atoms with van der Waals surface area (Å²) in [6, 6.07) is 20.7. The largest absolute Gasteiger partial charge is 0.300 e. The molecule has 3 aliphatic rings. The molecule has 0 N–H and O–H groups in total. The zero-order valence-corrected chi connectivity index (χ0v) is 25.3. The number of hydrogen-bond acceptors (Lipinski definition) is 1. The third kappa shape index (κ3) is 5.06. The van der Waals surface area contributed by atoms with Crippen molar-refractivity contribution in [3.8, 4) is 22.3 Å². The fourth-order valence-electron chi connectivity index (χ4n) is 8.50. The summed E-state index contributed by atoms with van der Waals surface area (Å²) in [5.74, 6) is 1.97. The van der Waals surface area contributed by atoms with Crippen molar-refractivity contribution in [1.82, 2.24) is 0 Å². The van der Waals surface area contributed by atoms with Gasteiger partial charge in [0.2, 0.25) is 0 Å². The van der Waals surface area contributed by atoms with Crippen LogP contribution >= 0.6 is 7.92 Å². The van der Waals surface area contributed by atoms with Gasteiger partial charge in [0.25, 0.3) is 0 Å². The second-order valence-corrected chi connectivity index (χ2v) is 15.4. The van der Waals surface area contributed by atoms with Crippen molar-refractivity contribution in [2.75, 3.05) is 0 Å². The van der Waals surface area contributed by atoms with Crippen LogP contribution in [-0.4, -0.2) is 17.1 Å². The molecule has 39 heavy (non-hydrogen) atoms. The van der Waals surface area contributed by atoms with Crippen LogP contribution in [0.2, 0.25) is 0 Å². The van der Waals surface area contributed by atoms with Crippen molar-refractivity contribution in [2.24, 2.45) is 11.8 Å². The Balaban J connectivity index is 1.66. The van der Waals surface area contributed by atoms with Crippen LogP contribution in [0.4, 0.5) is 0 Å². The van der Waals surface area contributed by atoms with E-state index in [4.69, 9.17) is 0 Å². The number of carbonyl (C=O) groups excluding carboxylic acids is 1. The van der Waals surface area contributed by atoms with Gasteiger partial charge in [-0.25, -0.2) is 0 Å². The van der Waals surface area contributed by atoms with Gasteiger partial charge in [-0.15, -0.1) is 0 Å². The van der Waals surface area contributed by atoms with E-state index in [1.165, 1.54) is 95.9 Å². The van der Waals surface area contributed by atoms with Crippen LogP contribution < -0.4 is 5.30 Å². The summed E-state index contributed by atoms with van der Waals surface area (Å²) < 4.78 is 0. The Hall–Kier alpha value is -2.24. The van der Waals surface area contributed by atoms with Crippen molar-refractivity contribution in [3.05, 3.63) is 76.9 Å². The third-order valence-corrected chi connectivity index (χ3v) is 13.9. The predicted octanol–water partition coefficient (Wildman–Crippen LogP) is 9.84. The van der Waals surface area contributed by atoms with Gasteiger partial charge in [-0.2, -0.15) is 0 Å². The molecule has 2 aliphatic carbocycles. The minimum absolute atomic E-state index is 0.502. The normalized spacial score (nSPS) is 24.5. The lowest BCUT2D eigenvalue weighted by Crippen LogP contribution is -2.39. The number of carbonyl (C=O) groups is 1. The van der Waals surface area contributed by atoms with Crippen LogP contribution in [0, 0.1) is 39.5 Å². The van der Waals surface area contributed by atoms with Gasteiger partial charge in [0.1, 0.15) is 5.78 Å². The van der Waals surface area contributed by atoms with E-state index in [9.17, 15) is 4.79 Å². The van der Waals surface area contributed by atoms with Crippen LogP contribution in [0.5, 0.6) is 0 Å². The third-order valence-electron chi connectivity index (χ3n) is 10.3. The van der Waals surface area contributed by atoms with E-state index in [2.05, 4.69) is 82.3 Å². The van der Waals surface area contributed by atoms with Crippen molar-refractivity contribution in [1.29, 1.82) is 0 Å². The fraction of sp³-hybridized carbons (Fsp3) is 0.486. The first kappa shape index (κ1) is 27.0. The molecule has 1 nitrogen and oxygen atoms in total. The Morgan fingerprint density at radius 1 is 0.564 bits per heavy atom. The second kappa shape index (κ2) is 11.3. The topological polar surface area (TPSA) is 17.1 Å². The quantitative estimate of drug-likeness (QED) is 0.297. The van der Waals surface area contributed by atoms with Crippen molar-refractivity contribution in [3.63, 3.8) is 0 Å². The van der Waals surface area contributed by atoms with E-state index >= 15 is 0 Å². The summed E-state index contributed by atoms with van der Waals surface area (Å²) in [6.45, 7) is 9.16. The van der Waals surface area contributed by atoms with Crippen LogP contribution in [0.15, 0.2) is 54.6 Å². The highest BCUT2D eigenvalue weighted by Gasteiger charge is 2.46. The Kier molecular flexibility index (Phi) is 7.83. The molecule has 0 amide bonds. The van der Waals surface area contributed by atoms with E-state index in [-0.39, 0.29) is 0 Å². The molecular weight excluding hydrogens is 491 g/mol. The highest BCUT2D eigenvalue weighted by Crippen LogP contribution is 2.62. The van der Waals surface area contributed by atoms with E-state index in [1.807, 2.05) is 0 Å². The molecule has 2 heteroatoms. The van der Waals surface area contributed by atoms with Crippen LogP contribution in [0.1, 0.15) is 86.5 Å². The second-order valence-electron chi connectivity index (χ2n) is 12.8. The van der Waals surface area contributed by atoms with Crippen LogP contribution in [0.25, 0.3) is 22.3 Å². The van der Waals surface area contributed by atoms with Gasteiger partial charge >= 0.3 is 0 Å². The molecule has 1 saturated heterocycles. The molecule has 6 rings (SSSR count). The highest BCUT2D eigenvalue weighted by molar-refractivity contribution is 7.68. The smallest absolute Gasteiger partial charge is 0.134 e. The van der Waals surface area contributed by atoms with Crippen molar-refractivity contribution in [2.45, 2.75) is 103 Å². The Morgan fingerprint density at radius 3 is 1.31 bits per heavy atom. The summed E-state index contributed by atoms with van der Waals surface area (Å²) in [6.07, 6.45) is 12.3. The standard InChI is InChI=1S/C37H45OP/c1-24-12-9-13-25(2)35(24)31-20-11-21-32(36-26(3)14-10-15-27(36)4)37(31)39-33(28-16-5-6-17-28)22-30(38)23-34(39)29-18-7-8-19-29/h9-15,20-21,28-29,33-34H,5-8,16-19,22-23H2,1-4H3. The molecule has 2 saturated carbocycles. The molecule has 0 bridgehead atoms. The van der Waals surface area contributed by atoms with Crippen LogP contribution in [-0.2, 0) is 4.79 Å². The molecule has 3 fully saturated rings. The predicted molar refractivity (Wildman–Crippen MR) is 169 cm³/mol. The van der Waals surface area contributed by atoms with Crippen molar-refractivity contribution >= 4 is 19.0 Å². The van der Waals surface area contributed by atoms with E-state index in [1.54, 1.807) is 5.30 Å². The zero-order chi connectivity index (χ0) is 27.1. The maximum atomic E-state index is 13.5. The van der Waals surface area contributed by atoms with Gasteiger partial charge in [-0.1, -0.05) is 88.2 Å². The first-order chi connectivity index (χ1) is 18.9. The molecule has 1 aliphatic heterocycles. The number of ketones is 1. The zero-order valence-electron chi connectivity index (χ0n) is 24.4. The van der Waals surface area contributed by atoms with E-state index in [0.717, 1.165) is 12.8 Å². The molecular formula is C37H45OP. The molecule has 2 atom stereocenters. The Bertz CT molecular complexity index is 1220. The van der Waals surface area contributed by atoms with E-state index in [0.29, 0.717) is 28.9 Å². The van der Waals surface area contributed by atoms with Gasteiger partial charge in [0.05, 0.1) is 0 Å². The summed E-state index contributed by atoms with van der Waals surface area (Å²) in [5, 5.41) is 1.63. The minimum atomic E-state index is -0.502. The highest BCUT2D eigenvalue weighted by atomic mass is 31.1. The molecule has 3 aromatic carbocycles. The average molecular weight is 537 g/mol. The minimum Gasteiger partial charge on any atom is -0.300 e. The van der Waals surface area contributed by atoms with Gasteiger partial charge in [-0.05, 0) is 126 Å². The van der Waals surface area contributed by atoms with Gasteiger partial charge < -0.3 is 0 Å². The van der Waals surface area contributed by atoms with Gasteiger partial charge in [-0.3, -0.25) is 4.79 Å². The number of rotatable bonds is 5. The average Bonchev–Trinajstić information content (AvgIpc) is 3.64. The Morgan fingerprint density at radius 2 is 0.923 bits per heavy atom. The summed E-state index contributed by atoms with van der Waals surface area (Å²) in [4.78, 5) is 13.5. The summed E-state index contributed by atoms with van der Waals surface area (Å²) in [7, 11) is -0.502. The fourth-order valence-corrected chi connectivity index (χ4v) is 12.9. The monoisotopic (exact) mass is 536 g/mol. The summed E-state index contributed by atoms with van der Waals surface area (Å²) >= 11 is 0. The number of aryl methyl sites for hydroxylation is 4. The number of benzene rings is 3. The maximum absolute atomic E-state index is 13.5. The number of hydrogen-bond donors (Lipinski definition) is 0. The number of Topliss-reactive ketones (excluding diaryl/α,β-unsaturated/α-hetero) is 1. The lowest BCUT2D eigenvalue weighted by Gasteiger charge is -2.45. The molecule has 0 aromatic heterocycles. The molecule has 0 radical (unpaired) electrons. The molecule has 2 unspecified atom stereocenters. The lowest BCUT2D eigenvalue weighted by molar-refractivity contribution is -0.119. The van der Waals surface area contributed by atoms with Crippen molar-refractivity contribution < 1.29 is 4.79 Å². The van der Waals surface area contributed by atoms with Crippen LogP contribution in [0.3, 0.4) is 0 Å². The molecule has 0 spiro atoms. The first-order valence-corrected chi connectivity index (χ1v) is 17.0. The van der Waals surface area contributed by atoms with Gasteiger partial charge in [0.15, 0.2) is 0 Å². The Labute approximate surface area is 237 Å². The lowest BCUT2D eigenvalue weighted by atomic mass is 9.90.